The number of hydrogen-bond donors (Lipinski definition) is 3. The van der Waals surface area contributed by atoms with Crippen molar-refractivity contribution in [1.82, 2.24) is 16.0 Å². The molecule has 1 aromatic rings. The highest BCUT2D eigenvalue weighted by Crippen LogP contribution is 2.16. The summed E-state index contributed by atoms with van der Waals surface area (Å²) in [5, 5.41) is 8.46. The quantitative estimate of drug-likeness (QED) is 0.709. The average molecular weight is 247 g/mol. The van der Waals surface area contributed by atoms with E-state index >= 15 is 0 Å². The molecule has 0 saturated heterocycles. The summed E-state index contributed by atoms with van der Waals surface area (Å²) in [7, 11) is 0. The summed E-state index contributed by atoms with van der Waals surface area (Å²) in [6.45, 7) is 4.08. The first kappa shape index (κ1) is 12.6. The minimum Gasteiger partial charge on any atom is -0.355 e. The van der Waals surface area contributed by atoms with Crippen molar-refractivity contribution in [1.29, 1.82) is 0 Å². The standard InChI is InChI=1S/C13H17N3O2/c1-2-15-12(17)8-16-13(18)9-3-4-10-6-14-7-11(10)5-9/h3-5,14H,2,6-8H2,1H3,(H,15,17)(H,16,18). The van der Waals surface area contributed by atoms with Gasteiger partial charge in [0.05, 0.1) is 6.54 Å². The zero-order valence-electron chi connectivity index (χ0n) is 10.4. The van der Waals surface area contributed by atoms with E-state index in [4.69, 9.17) is 0 Å². The highest BCUT2D eigenvalue weighted by molar-refractivity contribution is 5.96. The SMILES string of the molecule is CCNC(=O)CNC(=O)c1ccc2c(c1)CNC2. The minimum atomic E-state index is -0.212. The predicted molar refractivity (Wildman–Crippen MR) is 68.0 cm³/mol. The van der Waals surface area contributed by atoms with E-state index in [1.165, 1.54) is 5.56 Å². The third kappa shape index (κ3) is 2.87. The Morgan fingerprint density at radius 3 is 2.78 bits per heavy atom. The number of rotatable bonds is 4. The van der Waals surface area contributed by atoms with Gasteiger partial charge in [0, 0.05) is 25.2 Å². The van der Waals surface area contributed by atoms with Crippen LogP contribution in [0.4, 0.5) is 0 Å². The van der Waals surface area contributed by atoms with Gasteiger partial charge in [-0.15, -0.1) is 0 Å². The second-order valence-electron chi connectivity index (χ2n) is 4.22. The summed E-state index contributed by atoms with van der Waals surface area (Å²) < 4.78 is 0. The Balaban J connectivity index is 1.95. The van der Waals surface area contributed by atoms with E-state index in [0.29, 0.717) is 12.1 Å². The number of hydrogen-bond acceptors (Lipinski definition) is 3. The van der Waals surface area contributed by atoms with Crippen molar-refractivity contribution in [2.45, 2.75) is 20.0 Å². The molecule has 18 heavy (non-hydrogen) atoms. The Morgan fingerprint density at radius 1 is 1.22 bits per heavy atom. The Kier molecular flexibility index (Phi) is 3.94. The molecule has 0 atom stereocenters. The maximum absolute atomic E-state index is 11.8. The van der Waals surface area contributed by atoms with Crippen LogP contribution in [0.25, 0.3) is 0 Å². The molecule has 0 aromatic heterocycles. The van der Waals surface area contributed by atoms with Crippen LogP contribution in [0.3, 0.4) is 0 Å². The number of benzene rings is 1. The van der Waals surface area contributed by atoms with Crippen molar-refractivity contribution in [3.05, 3.63) is 34.9 Å². The van der Waals surface area contributed by atoms with Crippen molar-refractivity contribution in [2.24, 2.45) is 0 Å². The van der Waals surface area contributed by atoms with Crippen LogP contribution in [-0.4, -0.2) is 24.9 Å². The van der Waals surface area contributed by atoms with Gasteiger partial charge >= 0.3 is 0 Å². The van der Waals surface area contributed by atoms with Crippen molar-refractivity contribution < 1.29 is 9.59 Å². The van der Waals surface area contributed by atoms with Gasteiger partial charge in [0.2, 0.25) is 5.91 Å². The maximum atomic E-state index is 11.8. The predicted octanol–water partition coefficient (Wildman–Crippen LogP) is 0.156. The van der Waals surface area contributed by atoms with Crippen LogP contribution in [0.2, 0.25) is 0 Å². The van der Waals surface area contributed by atoms with E-state index in [2.05, 4.69) is 16.0 Å². The average Bonchev–Trinajstić information content (AvgIpc) is 2.83. The largest absolute Gasteiger partial charge is 0.355 e. The number of carbonyl (C=O) groups excluding carboxylic acids is 2. The molecule has 1 heterocycles. The number of fused-ring (bicyclic) bond motifs is 1. The summed E-state index contributed by atoms with van der Waals surface area (Å²) in [6.07, 6.45) is 0. The second-order valence-corrected chi connectivity index (χ2v) is 4.22. The van der Waals surface area contributed by atoms with Crippen LogP contribution in [0.1, 0.15) is 28.4 Å². The summed E-state index contributed by atoms with van der Waals surface area (Å²) in [4.78, 5) is 23.1. The summed E-state index contributed by atoms with van der Waals surface area (Å²) in [5.41, 5.74) is 2.98. The van der Waals surface area contributed by atoms with Gasteiger partial charge in [0.15, 0.2) is 0 Å². The van der Waals surface area contributed by atoms with Gasteiger partial charge in [0.25, 0.3) is 5.91 Å². The molecule has 96 valence electrons. The molecule has 5 heteroatoms. The summed E-state index contributed by atoms with van der Waals surface area (Å²) in [6, 6.07) is 5.62. The molecule has 5 nitrogen and oxygen atoms in total. The van der Waals surface area contributed by atoms with Crippen LogP contribution < -0.4 is 16.0 Å². The lowest BCUT2D eigenvalue weighted by molar-refractivity contribution is -0.120. The van der Waals surface area contributed by atoms with Crippen molar-refractivity contribution >= 4 is 11.8 Å². The first-order valence-corrected chi connectivity index (χ1v) is 6.08. The fraction of sp³-hybridized carbons (Fsp3) is 0.385. The van der Waals surface area contributed by atoms with Crippen LogP contribution in [0.15, 0.2) is 18.2 Å². The highest BCUT2D eigenvalue weighted by atomic mass is 16.2. The van der Waals surface area contributed by atoms with Gasteiger partial charge in [-0.2, -0.15) is 0 Å². The molecule has 1 aromatic carbocycles. The number of likely N-dealkylation sites (N-methyl/N-ethyl adjacent to an activating group) is 1. The molecular weight excluding hydrogens is 230 g/mol. The monoisotopic (exact) mass is 247 g/mol. The minimum absolute atomic E-state index is 0.0159. The van der Waals surface area contributed by atoms with Gasteiger partial charge < -0.3 is 16.0 Å². The molecule has 0 aliphatic carbocycles. The topological polar surface area (TPSA) is 70.2 Å². The van der Waals surface area contributed by atoms with Crippen LogP contribution in [0, 0.1) is 0 Å². The van der Waals surface area contributed by atoms with Gasteiger partial charge in [-0.05, 0) is 30.2 Å². The van der Waals surface area contributed by atoms with Crippen LogP contribution in [-0.2, 0) is 17.9 Å². The van der Waals surface area contributed by atoms with E-state index < -0.39 is 0 Å². The van der Waals surface area contributed by atoms with E-state index in [1.54, 1.807) is 6.07 Å². The van der Waals surface area contributed by atoms with Gasteiger partial charge in [-0.25, -0.2) is 0 Å². The Bertz CT molecular complexity index is 471. The molecule has 2 rings (SSSR count). The third-order valence-corrected chi connectivity index (χ3v) is 2.88. The first-order chi connectivity index (χ1) is 8.70. The smallest absolute Gasteiger partial charge is 0.251 e. The lowest BCUT2D eigenvalue weighted by Crippen LogP contribution is -2.36. The molecule has 0 bridgehead atoms. The van der Waals surface area contributed by atoms with Crippen LogP contribution in [0.5, 0.6) is 0 Å². The molecule has 0 fully saturated rings. The highest BCUT2D eigenvalue weighted by Gasteiger charge is 2.13. The molecule has 2 amide bonds. The first-order valence-electron chi connectivity index (χ1n) is 6.08. The molecule has 0 spiro atoms. The summed E-state index contributed by atoms with van der Waals surface area (Å²) in [5.74, 6) is -0.385. The van der Waals surface area contributed by atoms with Gasteiger partial charge in [0.1, 0.15) is 0 Å². The second kappa shape index (κ2) is 5.64. The molecule has 0 radical (unpaired) electrons. The zero-order valence-corrected chi connectivity index (χ0v) is 10.4. The Hall–Kier alpha value is -1.88. The summed E-state index contributed by atoms with van der Waals surface area (Å²) >= 11 is 0. The normalized spacial score (nSPS) is 12.9. The number of amides is 2. The fourth-order valence-electron chi connectivity index (χ4n) is 1.96. The molecule has 1 aliphatic heterocycles. The van der Waals surface area contributed by atoms with Crippen molar-refractivity contribution in [2.75, 3.05) is 13.1 Å². The lowest BCUT2D eigenvalue weighted by Gasteiger charge is -2.06. The maximum Gasteiger partial charge on any atom is 0.251 e. The van der Waals surface area contributed by atoms with Gasteiger partial charge in [-0.1, -0.05) is 6.07 Å². The number of carbonyl (C=O) groups is 2. The fourth-order valence-corrected chi connectivity index (χ4v) is 1.96. The molecular formula is C13H17N3O2. The van der Waals surface area contributed by atoms with Gasteiger partial charge in [-0.3, -0.25) is 9.59 Å². The molecule has 0 saturated carbocycles. The molecule has 0 unspecified atom stereocenters. The molecule has 1 aliphatic rings. The van der Waals surface area contributed by atoms with E-state index in [9.17, 15) is 9.59 Å². The van der Waals surface area contributed by atoms with Crippen LogP contribution >= 0.6 is 0 Å². The van der Waals surface area contributed by atoms with E-state index in [1.807, 2.05) is 19.1 Å². The van der Waals surface area contributed by atoms with E-state index in [0.717, 1.165) is 18.7 Å². The van der Waals surface area contributed by atoms with E-state index in [-0.39, 0.29) is 18.4 Å². The van der Waals surface area contributed by atoms with Crippen molar-refractivity contribution in [3.63, 3.8) is 0 Å². The number of nitrogens with one attached hydrogen (secondary N) is 3. The Labute approximate surface area is 106 Å². The lowest BCUT2D eigenvalue weighted by atomic mass is 10.1. The zero-order chi connectivity index (χ0) is 13.0. The Morgan fingerprint density at radius 2 is 2.00 bits per heavy atom. The third-order valence-electron chi connectivity index (χ3n) is 2.88. The molecule has 3 N–H and O–H groups in total. The van der Waals surface area contributed by atoms with Crippen molar-refractivity contribution in [3.8, 4) is 0 Å².